The average molecular weight is 212 g/mol. The summed E-state index contributed by atoms with van der Waals surface area (Å²) >= 11 is 0. The molecule has 1 aromatic rings. The Morgan fingerprint density at radius 1 is 1.60 bits per heavy atom. The van der Waals surface area contributed by atoms with Crippen molar-refractivity contribution >= 4 is 17.6 Å². The van der Waals surface area contributed by atoms with Crippen molar-refractivity contribution in [2.75, 3.05) is 0 Å². The molecular weight excluding hydrogens is 204 g/mol. The van der Waals surface area contributed by atoms with Crippen molar-refractivity contribution in [3.05, 3.63) is 28.1 Å². The van der Waals surface area contributed by atoms with E-state index in [0.717, 1.165) is 12.3 Å². The standard InChI is InChI=1S/C7H8N4O4/c1-10-3-4(11(14)15)2-5(10)6(12)9-7(8)13/h2-3H,1H3,(H3,8,9,12,13). The molecule has 1 aromatic heterocycles. The molecule has 0 aliphatic heterocycles. The molecule has 0 bridgehead atoms. The Bertz CT molecular complexity index is 436. The monoisotopic (exact) mass is 212 g/mol. The molecular formula is C7H8N4O4. The van der Waals surface area contributed by atoms with Gasteiger partial charge in [-0.3, -0.25) is 20.2 Å². The number of amides is 3. The molecule has 0 aromatic carbocycles. The average Bonchev–Trinajstić information content (AvgIpc) is 2.46. The summed E-state index contributed by atoms with van der Waals surface area (Å²) in [6, 6.07) is 0.0435. The lowest BCUT2D eigenvalue weighted by Gasteiger charge is -2.00. The second-order valence-electron chi connectivity index (χ2n) is 2.77. The lowest BCUT2D eigenvalue weighted by Crippen LogP contribution is -2.35. The van der Waals surface area contributed by atoms with Gasteiger partial charge in [0.1, 0.15) is 5.69 Å². The number of imide groups is 1. The van der Waals surface area contributed by atoms with E-state index in [1.54, 1.807) is 0 Å². The van der Waals surface area contributed by atoms with Crippen LogP contribution >= 0.6 is 0 Å². The van der Waals surface area contributed by atoms with Gasteiger partial charge in [-0.1, -0.05) is 0 Å². The first-order valence-corrected chi connectivity index (χ1v) is 3.83. The fraction of sp³-hybridized carbons (Fsp3) is 0.143. The smallest absolute Gasteiger partial charge is 0.319 e. The van der Waals surface area contributed by atoms with Crippen molar-refractivity contribution in [2.24, 2.45) is 12.8 Å². The summed E-state index contributed by atoms with van der Waals surface area (Å²) in [5.74, 6) is -0.780. The first-order valence-electron chi connectivity index (χ1n) is 3.83. The number of rotatable bonds is 2. The Hall–Kier alpha value is -2.38. The number of primary amides is 1. The van der Waals surface area contributed by atoms with E-state index in [1.165, 1.54) is 11.6 Å². The Kier molecular flexibility index (Phi) is 2.70. The Morgan fingerprint density at radius 3 is 2.60 bits per heavy atom. The van der Waals surface area contributed by atoms with E-state index in [0.29, 0.717) is 0 Å². The van der Waals surface area contributed by atoms with Crippen molar-refractivity contribution in [1.29, 1.82) is 0 Å². The molecule has 3 N–H and O–H groups in total. The number of aryl methyl sites for hydroxylation is 1. The normalized spacial score (nSPS) is 9.67. The SMILES string of the molecule is Cn1cc([N+](=O)[O-])cc1C(=O)NC(N)=O. The Labute approximate surface area is 83.8 Å². The summed E-state index contributed by atoms with van der Waals surface area (Å²) in [4.78, 5) is 31.4. The third-order valence-electron chi connectivity index (χ3n) is 1.67. The molecule has 0 fully saturated rings. The van der Waals surface area contributed by atoms with Crippen molar-refractivity contribution in [1.82, 2.24) is 9.88 Å². The summed E-state index contributed by atoms with van der Waals surface area (Å²) in [5.41, 5.74) is 4.49. The van der Waals surface area contributed by atoms with Gasteiger partial charge in [0.05, 0.1) is 11.1 Å². The van der Waals surface area contributed by atoms with Gasteiger partial charge in [-0.25, -0.2) is 4.79 Å². The van der Waals surface area contributed by atoms with E-state index in [2.05, 4.69) is 0 Å². The minimum Gasteiger partial charge on any atom is -0.351 e. The first-order chi connectivity index (χ1) is 6.91. The molecule has 3 amide bonds. The second kappa shape index (κ2) is 3.78. The molecule has 8 heteroatoms. The van der Waals surface area contributed by atoms with Gasteiger partial charge in [0.2, 0.25) is 0 Å². The van der Waals surface area contributed by atoms with Crippen molar-refractivity contribution in [3.63, 3.8) is 0 Å². The van der Waals surface area contributed by atoms with Crippen LogP contribution in [0.1, 0.15) is 10.5 Å². The molecule has 0 unspecified atom stereocenters. The summed E-state index contributed by atoms with van der Waals surface area (Å²) in [6.07, 6.45) is 1.16. The van der Waals surface area contributed by atoms with Crippen LogP contribution in [0.3, 0.4) is 0 Å². The lowest BCUT2D eigenvalue weighted by atomic mass is 10.4. The summed E-state index contributed by atoms with van der Waals surface area (Å²) in [6.45, 7) is 0. The second-order valence-corrected chi connectivity index (χ2v) is 2.77. The Morgan fingerprint density at radius 2 is 2.20 bits per heavy atom. The van der Waals surface area contributed by atoms with Gasteiger partial charge in [-0.15, -0.1) is 0 Å². The van der Waals surface area contributed by atoms with Crippen LogP contribution < -0.4 is 11.1 Å². The van der Waals surface area contributed by atoms with Crippen LogP contribution in [0.15, 0.2) is 12.3 Å². The minimum atomic E-state index is -1.01. The highest BCUT2D eigenvalue weighted by atomic mass is 16.6. The van der Waals surface area contributed by atoms with Gasteiger partial charge >= 0.3 is 6.03 Å². The third kappa shape index (κ3) is 2.30. The predicted molar refractivity (Wildman–Crippen MR) is 49.1 cm³/mol. The van der Waals surface area contributed by atoms with Crippen molar-refractivity contribution in [3.8, 4) is 0 Å². The van der Waals surface area contributed by atoms with E-state index < -0.39 is 16.9 Å². The van der Waals surface area contributed by atoms with E-state index in [-0.39, 0.29) is 11.4 Å². The quantitative estimate of drug-likeness (QED) is 0.518. The van der Waals surface area contributed by atoms with E-state index >= 15 is 0 Å². The van der Waals surface area contributed by atoms with Crippen LogP contribution in [-0.4, -0.2) is 21.4 Å². The number of nitrogens with one attached hydrogen (secondary N) is 1. The molecule has 15 heavy (non-hydrogen) atoms. The first kappa shape index (κ1) is 10.7. The molecule has 0 radical (unpaired) electrons. The molecule has 0 aliphatic carbocycles. The number of urea groups is 1. The predicted octanol–water partition coefficient (Wildman–Crippen LogP) is -0.258. The van der Waals surface area contributed by atoms with Crippen molar-refractivity contribution < 1.29 is 14.5 Å². The zero-order valence-electron chi connectivity index (χ0n) is 7.76. The van der Waals surface area contributed by atoms with Gasteiger partial charge in [-0.05, 0) is 0 Å². The van der Waals surface area contributed by atoms with Gasteiger partial charge in [0.15, 0.2) is 0 Å². The van der Waals surface area contributed by atoms with E-state index in [1.807, 2.05) is 5.32 Å². The minimum absolute atomic E-state index is 0.0134. The highest BCUT2D eigenvalue weighted by Crippen LogP contribution is 2.14. The molecule has 0 saturated heterocycles. The van der Waals surface area contributed by atoms with Crippen LogP contribution in [0.5, 0.6) is 0 Å². The maximum Gasteiger partial charge on any atom is 0.319 e. The number of hydrogen-bond donors (Lipinski definition) is 2. The molecule has 0 saturated carbocycles. The summed E-state index contributed by atoms with van der Waals surface area (Å²) in [7, 11) is 1.45. The number of carbonyl (C=O) groups excluding carboxylic acids is 2. The van der Waals surface area contributed by atoms with Crippen LogP contribution in [-0.2, 0) is 7.05 Å². The number of nitrogens with two attached hydrogens (primary N) is 1. The topological polar surface area (TPSA) is 120 Å². The number of nitrogens with zero attached hydrogens (tertiary/aromatic N) is 2. The zero-order valence-corrected chi connectivity index (χ0v) is 7.76. The molecule has 0 spiro atoms. The van der Waals surface area contributed by atoms with E-state index in [9.17, 15) is 19.7 Å². The molecule has 8 nitrogen and oxygen atoms in total. The summed E-state index contributed by atoms with van der Waals surface area (Å²) in [5, 5.41) is 12.2. The lowest BCUT2D eigenvalue weighted by molar-refractivity contribution is -0.384. The highest BCUT2D eigenvalue weighted by molar-refractivity contribution is 6.03. The summed E-state index contributed by atoms with van der Waals surface area (Å²) < 4.78 is 1.23. The van der Waals surface area contributed by atoms with Crippen LogP contribution in [0, 0.1) is 10.1 Å². The Balaban J connectivity index is 2.99. The van der Waals surface area contributed by atoms with Crippen LogP contribution in [0.25, 0.3) is 0 Å². The zero-order chi connectivity index (χ0) is 11.6. The number of hydrogen-bond acceptors (Lipinski definition) is 4. The van der Waals surface area contributed by atoms with Gasteiger partial charge in [0.25, 0.3) is 11.6 Å². The fourth-order valence-corrected chi connectivity index (χ4v) is 1.05. The van der Waals surface area contributed by atoms with Gasteiger partial charge < -0.3 is 10.3 Å². The van der Waals surface area contributed by atoms with Crippen molar-refractivity contribution in [2.45, 2.75) is 0 Å². The van der Waals surface area contributed by atoms with E-state index in [4.69, 9.17) is 5.73 Å². The van der Waals surface area contributed by atoms with Gasteiger partial charge in [-0.2, -0.15) is 0 Å². The highest BCUT2D eigenvalue weighted by Gasteiger charge is 2.18. The van der Waals surface area contributed by atoms with Crippen LogP contribution in [0.4, 0.5) is 10.5 Å². The molecule has 80 valence electrons. The number of nitro groups is 1. The molecule has 0 atom stereocenters. The van der Waals surface area contributed by atoms with Gasteiger partial charge in [0, 0.05) is 13.1 Å². The number of carbonyl (C=O) groups is 2. The number of aromatic nitrogens is 1. The maximum atomic E-state index is 11.3. The maximum absolute atomic E-state index is 11.3. The largest absolute Gasteiger partial charge is 0.351 e. The van der Waals surface area contributed by atoms with Crippen LogP contribution in [0.2, 0.25) is 0 Å². The third-order valence-corrected chi connectivity index (χ3v) is 1.67. The molecule has 1 heterocycles. The molecule has 0 aliphatic rings. The molecule has 1 rings (SSSR count). The fourth-order valence-electron chi connectivity index (χ4n) is 1.05.